The van der Waals surface area contributed by atoms with Gasteiger partial charge in [0.1, 0.15) is 28.8 Å². The van der Waals surface area contributed by atoms with Crippen molar-refractivity contribution in [1.29, 1.82) is 0 Å². The molecule has 0 bridgehead atoms. The Labute approximate surface area is 219 Å². The quantitative estimate of drug-likeness (QED) is 0.181. The number of halogens is 1. The summed E-state index contributed by atoms with van der Waals surface area (Å²) in [5.74, 6) is -1.62. The number of ether oxygens (including phenoxy) is 2. The van der Waals surface area contributed by atoms with Gasteiger partial charge in [0.05, 0.1) is 24.3 Å². The standard InChI is InChI=1S/C31H24FNO5/c1-19-8-6-10-22(16-19)33-28(20-9-7-13-24(17-20)38-23-11-4-3-5-12-23)27(30(35)31(33)36)29(34)25-18-21(32)14-15-26(25)37-2/h3-18,28,34H,1-2H3/b29-27+. The summed E-state index contributed by atoms with van der Waals surface area (Å²) in [7, 11) is 1.37. The largest absolute Gasteiger partial charge is 0.507 e. The molecule has 1 heterocycles. The summed E-state index contributed by atoms with van der Waals surface area (Å²) < 4.78 is 25.5. The number of anilines is 1. The molecular formula is C31H24FNO5. The van der Waals surface area contributed by atoms with Crippen LogP contribution in [0.5, 0.6) is 17.2 Å². The lowest BCUT2D eigenvalue weighted by atomic mass is 9.94. The smallest absolute Gasteiger partial charge is 0.300 e. The van der Waals surface area contributed by atoms with Crippen LogP contribution in [0.1, 0.15) is 22.7 Å². The molecule has 38 heavy (non-hydrogen) atoms. The minimum Gasteiger partial charge on any atom is -0.507 e. The molecule has 5 rings (SSSR count). The van der Waals surface area contributed by atoms with Gasteiger partial charge in [-0.05, 0) is 72.6 Å². The van der Waals surface area contributed by atoms with Crippen LogP contribution in [0.15, 0.2) is 103 Å². The van der Waals surface area contributed by atoms with Gasteiger partial charge in [-0.1, -0.05) is 42.5 Å². The normalized spacial score (nSPS) is 16.5. The number of benzene rings is 4. The SMILES string of the molecule is COc1ccc(F)cc1/C(O)=C1\C(=O)C(=O)N(c2cccc(C)c2)C1c1cccc(Oc2ccccc2)c1. The maximum absolute atomic E-state index is 14.2. The number of methoxy groups -OCH3 is 1. The van der Waals surface area contributed by atoms with E-state index in [-0.39, 0.29) is 16.9 Å². The first kappa shape index (κ1) is 24.8. The Morgan fingerprint density at radius 3 is 2.34 bits per heavy atom. The molecule has 0 aromatic heterocycles. The lowest BCUT2D eigenvalue weighted by Gasteiger charge is -2.26. The number of aryl methyl sites for hydroxylation is 1. The monoisotopic (exact) mass is 509 g/mol. The van der Waals surface area contributed by atoms with Gasteiger partial charge in [0.2, 0.25) is 0 Å². The molecule has 1 N–H and O–H groups in total. The van der Waals surface area contributed by atoms with Crippen LogP contribution in [0.25, 0.3) is 5.76 Å². The molecule has 0 spiro atoms. The number of hydrogen-bond donors (Lipinski definition) is 1. The lowest BCUT2D eigenvalue weighted by molar-refractivity contribution is -0.132. The van der Waals surface area contributed by atoms with Crippen LogP contribution in [0.3, 0.4) is 0 Å². The Morgan fingerprint density at radius 1 is 0.868 bits per heavy atom. The summed E-state index contributed by atoms with van der Waals surface area (Å²) in [5, 5.41) is 11.4. The highest BCUT2D eigenvalue weighted by atomic mass is 19.1. The number of aliphatic hydroxyl groups is 1. The number of aliphatic hydroxyl groups excluding tert-OH is 1. The molecule has 1 amide bonds. The van der Waals surface area contributed by atoms with E-state index < -0.39 is 29.3 Å². The van der Waals surface area contributed by atoms with Crippen LogP contribution in [0.2, 0.25) is 0 Å². The van der Waals surface area contributed by atoms with Crippen molar-refractivity contribution in [3.63, 3.8) is 0 Å². The highest BCUT2D eigenvalue weighted by Gasteiger charge is 2.47. The first-order valence-electron chi connectivity index (χ1n) is 11.9. The van der Waals surface area contributed by atoms with Gasteiger partial charge >= 0.3 is 0 Å². The van der Waals surface area contributed by atoms with Gasteiger partial charge in [-0.15, -0.1) is 0 Å². The number of amides is 1. The fourth-order valence-corrected chi connectivity index (χ4v) is 4.58. The molecule has 0 saturated carbocycles. The summed E-state index contributed by atoms with van der Waals surface area (Å²) in [6.07, 6.45) is 0. The molecule has 4 aromatic carbocycles. The molecule has 1 aliphatic heterocycles. The van der Waals surface area contributed by atoms with Gasteiger partial charge in [0, 0.05) is 5.69 Å². The Kier molecular flexibility index (Phi) is 6.66. The van der Waals surface area contributed by atoms with E-state index in [2.05, 4.69) is 0 Å². The summed E-state index contributed by atoms with van der Waals surface area (Å²) in [6.45, 7) is 1.88. The zero-order valence-corrected chi connectivity index (χ0v) is 20.7. The number of rotatable bonds is 6. The highest BCUT2D eigenvalue weighted by molar-refractivity contribution is 6.51. The molecule has 1 atom stereocenters. The Hall–Kier alpha value is -4.91. The van der Waals surface area contributed by atoms with Gasteiger partial charge in [-0.3, -0.25) is 14.5 Å². The van der Waals surface area contributed by atoms with Crippen molar-refractivity contribution in [2.75, 3.05) is 12.0 Å². The predicted molar refractivity (Wildman–Crippen MR) is 142 cm³/mol. The molecule has 190 valence electrons. The Balaban J connectivity index is 1.71. The first-order chi connectivity index (χ1) is 18.4. The fraction of sp³-hybridized carbons (Fsp3) is 0.0968. The topological polar surface area (TPSA) is 76.1 Å². The third-order valence-corrected chi connectivity index (χ3v) is 6.29. The van der Waals surface area contributed by atoms with Gasteiger partial charge in [0.15, 0.2) is 0 Å². The van der Waals surface area contributed by atoms with Gasteiger partial charge in [-0.2, -0.15) is 0 Å². The summed E-state index contributed by atoms with van der Waals surface area (Å²) >= 11 is 0. The van der Waals surface area contributed by atoms with Crippen LogP contribution >= 0.6 is 0 Å². The van der Waals surface area contributed by atoms with Gasteiger partial charge in [0.25, 0.3) is 11.7 Å². The molecule has 1 saturated heterocycles. The van der Waals surface area contributed by atoms with Crippen molar-refractivity contribution in [3.8, 4) is 17.2 Å². The summed E-state index contributed by atoms with van der Waals surface area (Å²) in [4.78, 5) is 28.2. The number of Topliss-reactive ketones (excluding diaryl/α,β-unsaturated/α-hetero) is 1. The van der Waals surface area contributed by atoms with Crippen molar-refractivity contribution in [1.82, 2.24) is 0 Å². The zero-order chi connectivity index (χ0) is 26.8. The average Bonchev–Trinajstić information content (AvgIpc) is 3.19. The van der Waals surface area contributed by atoms with Crippen LogP contribution in [-0.2, 0) is 9.59 Å². The van der Waals surface area contributed by atoms with Crippen LogP contribution < -0.4 is 14.4 Å². The molecule has 4 aromatic rings. The fourth-order valence-electron chi connectivity index (χ4n) is 4.58. The van der Waals surface area contributed by atoms with E-state index >= 15 is 0 Å². The number of nitrogens with zero attached hydrogens (tertiary/aromatic N) is 1. The average molecular weight is 510 g/mol. The molecule has 1 fully saturated rings. The molecule has 7 heteroatoms. The second-order valence-corrected chi connectivity index (χ2v) is 8.84. The first-order valence-corrected chi connectivity index (χ1v) is 11.9. The number of ketones is 1. The Morgan fingerprint density at radius 2 is 1.61 bits per heavy atom. The second-order valence-electron chi connectivity index (χ2n) is 8.84. The van der Waals surface area contributed by atoms with Crippen LogP contribution in [-0.4, -0.2) is 23.9 Å². The van der Waals surface area contributed by atoms with Gasteiger partial charge < -0.3 is 14.6 Å². The highest BCUT2D eigenvalue weighted by Crippen LogP contribution is 2.44. The van der Waals surface area contributed by atoms with Crippen LogP contribution in [0, 0.1) is 12.7 Å². The minimum atomic E-state index is -1.01. The molecule has 0 aliphatic carbocycles. The number of para-hydroxylation sites is 1. The Bertz CT molecular complexity index is 1560. The molecular weight excluding hydrogens is 485 g/mol. The number of carbonyl (C=O) groups is 2. The predicted octanol–water partition coefficient (Wildman–Crippen LogP) is 6.56. The molecule has 0 radical (unpaired) electrons. The second kappa shape index (κ2) is 10.2. The van der Waals surface area contributed by atoms with Gasteiger partial charge in [-0.25, -0.2) is 4.39 Å². The van der Waals surface area contributed by atoms with Crippen molar-refractivity contribution in [3.05, 3.63) is 125 Å². The minimum absolute atomic E-state index is 0.0311. The van der Waals surface area contributed by atoms with E-state index in [1.807, 2.05) is 43.3 Å². The number of carbonyl (C=O) groups excluding carboxylic acids is 2. The van der Waals surface area contributed by atoms with E-state index in [0.29, 0.717) is 22.7 Å². The number of hydrogen-bond acceptors (Lipinski definition) is 5. The van der Waals surface area contributed by atoms with Crippen LogP contribution in [0.4, 0.5) is 10.1 Å². The lowest BCUT2D eigenvalue weighted by Crippen LogP contribution is -2.29. The third-order valence-electron chi connectivity index (χ3n) is 6.29. The van der Waals surface area contributed by atoms with Crippen molar-refractivity contribution >= 4 is 23.1 Å². The third kappa shape index (κ3) is 4.62. The zero-order valence-electron chi connectivity index (χ0n) is 20.7. The maximum Gasteiger partial charge on any atom is 0.300 e. The summed E-state index contributed by atoms with van der Waals surface area (Å²) in [5.41, 5.74) is 1.68. The molecule has 6 nitrogen and oxygen atoms in total. The summed E-state index contributed by atoms with van der Waals surface area (Å²) in [6, 6.07) is 25.9. The van der Waals surface area contributed by atoms with Crippen molar-refractivity contribution < 1.29 is 28.6 Å². The van der Waals surface area contributed by atoms with E-state index in [1.165, 1.54) is 24.1 Å². The molecule has 1 unspecified atom stereocenters. The van der Waals surface area contributed by atoms with Crippen molar-refractivity contribution in [2.24, 2.45) is 0 Å². The maximum atomic E-state index is 14.2. The molecule has 1 aliphatic rings. The van der Waals surface area contributed by atoms with E-state index in [1.54, 1.807) is 42.5 Å². The van der Waals surface area contributed by atoms with Crippen molar-refractivity contribution in [2.45, 2.75) is 13.0 Å². The van der Waals surface area contributed by atoms with E-state index in [0.717, 1.165) is 11.6 Å². The van der Waals surface area contributed by atoms with E-state index in [9.17, 15) is 19.1 Å². The van der Waals surface area contributed by atoms with E-state index in [4.69, 9.17) is 9.47 Å².